The highest BCUT2D eigenvalue weighted by atomic mass is 35.5. The topological polar surface area (TPSA) is 28.2 Å². The lowest BCUT2D eigenvalue weighted by Gasteiger charge is -2.23. The zero-order valence-electron chi connectivity index (χ0n) is 10.4. The monoisotopic (exact) mass is 289 g/mol. The molecule has 2 saturated heterocycles. The lowest BCUT2D eigenvalue weighted by Crippen LogP contribution is -2.35. The molecule has 0 saturated carbocycles. The molecule has 2 bridgehead atoms. The summed E-state index contributed by atoms with van der Waals surface area (Å²) in [5.41, 5.74) is 1.19. The number of halogens is 2. The third-order valence-electron chi connectivity index (χ3n) is 3.72. The maximum absolute atomic E-state index is 4.40. The maximum Gasteiger partial charge on any atom is 0.0543 e. The Kier molecular flexibility index (Phi) is 6.36. The molecule has 1 aromatic rings. The molecule has 18 heavy (non-hydrogen) atoms. The Labute approximate surface area is 121 Å². The van der Waals surface area contributed by atoms with Crippen LogP contribution in [0.15, 0.2) is 24.4 Å². The minimum absolute atomic E-state index is 0. The summed E-state index contributed by atoms with van der Waals surface area (Å²) < 4.78 is 0. The number of nitrogens with one attached hydrogen (secondary N) is 1. The summed E-state index contributed by atoms with van der Waals surface area (Å²) in [4.78, 5) is 6.94. The van der Waals surface area contributed by atoms with Gasteiger partial charge in [-0.15, -0.1) is 24.8 Å². The van der Waals surface area contributed by atoms with Crippen LogP contribution in [0.2, 0.25) is 0 Å². The van der Waals surface area contributed by atoms with E-state index in [9.17, 15) is 0 Å². The SMILES string of the molecule is Cl.Cl.c1ccc(CN2CC[C@H]3CC[C@@H](C2)N3)nc1. The number of aromatic nitrogens is 1. The molecule has 1 aromatic heterocycles. The summed E-state index contributed by atoms with van der Waals surface area (Å²) in [6, 6.07) is 7.67. The van der Waals surface area contributed by atoms with Crippen molar-refractivity contribution in [2.45, 2.75) is 37.9 Å². The molecule has 3 nitrogen and oxygen atoms in total. The first-order valence-electron chi connectivity index (χ1n) is 6.28. The summed E-state index contributed by atoms with van der Waals surface area (Å²) in [6.07, 6.45) is 5.91. The van der Waals surface area contributed by atoms with Crippen molar-refractivity contribution in [2.24, 2.45) is 0 Å². The second-order valence-corrected chi connectivity index (χ2v) is 4.98. The molecule has 5 heteroatoms. The van der Waals surface area contributed by atoms with E-state index in [1.165, 1.54) is 38.0 Å². The molecule has 3 rings (SSSR count). The van der Waals surface area contributed by atoms with Crippen LogP contribution in [0.5, 0.6) is 0 Å². The van der Waals surface area contributed by atoms with Gasteiger partial charge in [-0.25, -0.2) is 0 Å². The molecule has 2 atom stereocenters. The molecule has 0 amide bonds. The van der Waals surface area contributed by atoms with Gasteiger partial charge in [0.25, 0.3) is 0 Å². The molecular formula is C13H21Cl2N3. The van der Waals surface area contributed by atoms with Gasteiger partial charge in [0.1, 0.15) is 0 Å². The molecule has 102 valence electrons. The Bertz CT molecular complexity index is 347. The van der Waals surface area contributed by atoms with E-state index in [1.807, 2.05) is 12.3 Å². The molecule has 2 aliphatic rings. The summed E-state index contributed by atoms with van der Waals surface area (Å²) in [6.45, 7) is 3.41. The van der Waals surface area contributed by atoms with Crippen LogP contribution in [-0.4, -0.2) is 35.1 Å². The van der Waals surface area contributed by atoms with Crippen LogP contribution in [0.4, 0.5) is 0 Å². The van der Waals surface area contributed by atoms with E-state index in [2.05, 4.69) is 27.3 Å². The molecule has 2 aliphatic heterocycles. The van der Waals surface area contributed by atoms with E-state index in [0.29, 0.717) is 0 Å². The third-order valence-corrected chi connectivity index (χ3v) is 3.72. The predicted octanol–water partition coefficient (Wildman–Crippen LogP) is 2.25. The Hall–Kier alpha value is -0.350. The van der Waals surface area contributed by atoms with Gasteiger partial charge in [0.15, 0.2) is 0 Å². The first kappa shape index (κ1) is 15.7. The van der Waals surface area contributed by atoms with E-state index < -0.39 is 0 Å². The number of hydrogen-bond donors (Lipinski definition) is 1. The number of pyridine rings is 1. The quantitative estimate of drug-likeness (QED) is 0.905. The van der Waals surface area contributed by atoms with Gasteiger partial charge in [0.05, 0.1) is 5.69 Å². The average Bonchev–Trinajstić information content (AvgIpc) is 2.64. The van der Waals surface area contributed by atoms with E-state index in [1.54, 1.807) is 0 Å². The van der Waals surface area contributed by atoms with Gasteiger partial charge in [0, 0.05) is 37.9 Å². The van der Waals surface area contributed by atoms with Crippen molar-refractivity contribution >= 4 is 24.8 Å². The number of likely N-dealkylation sites (tertiary alicyclic amines) is 1. The molecule has 0 aromatic carbocycles. The Morgan fingerprint density at radius 3 is 2.78 bits per heavy atom. The molecule has 0 unspecified atom stereocenters. The fourth-order valence-corrected chi connectivity index (χ4v) is 2.88. The van der Waals surface area contributed by atoms with E-state index in [0.717, 1.165) is 18.6 Å². The highest BCUT2D eigenvalue weighted by molar-refractivity contribution is 5.85. The molecule has 0 aliphatic carbocycles. The molecule has 0 radical (unpaired) electrons. The molecule has 0 spiro atoms. The predicted molar refractivity (Wildman–Crippen MR) is 78.6 cm³/mol. The van der Waals surface area contributed by atoms with Crippen LogP contribution in [0.25, 0.3) is 0 Å². The number of fused-ring (bicyclic) bond motifs is 2. The number of nitrogens with zero attached hydrogens (tertiary/aromatic N) is 2. The van der Waals surface area contributed by atoms with Crippen molar-refractivity contribution in [3.05, 3.63) is 30.1 Å². The average molecular weight is 290 g/mol. The van der Waals surface area contributed by atoms with Crippen LogP contribution in [0.3, 0.4) is 0 Å². The minimum atomic E-state index is 0. The largest absolute Gasteiger partial charge is 0.310 e. The van der Waals surface area contributed by atoms with Gasteiger partial charge in [-0.1, -0.05) is 6.07 Å². The number of hydrogen-bond acceptors (Lipinski definition) is 3. The highest BCUT2D eigenvalue weighted by Gasteiger charge is 2.29. The Morgan fingerprint density at radius 1 is 1.17 bits per heavy atom. The number of rotatable bonds is 2. The third kappa shape index (κ3) is 3.82. The lowest BCUT2D eigenvalue weighted by atomic mass is 10.1. The fraction of sp³-hybridized carbons (Fsp3) is 0.615. The second-order valence-electron chi connectivity index (χ2n) is 4.98. The standard InChI is InChI=1S/C13H19N3.2ClH/c1-2-7-14-12(3-1)9-16-8-6-11-4-5-13(10-16)15-11;;/h1-3,7,11,13,15H,4-6,8-10H2;2*1H/t11-,13+;;/m1../s1. The van der Waals surface area contributed by atoms with E-state index >= 15 is 0 Å². The van der Waals surface area contributed by atoms with Gasteiger partial charge < -0.3 is 5.32 Å². The van der Waals surface area contributed by atoms with Gasteiger partial charge >= 0.3 is 0 Å². The molecular weight excluding hydrogens is 269 g/mol. The Balaban J connectivity index is 0.000000810. The van der Waals surface area contributed by atoms with Crippen molar-refractivity contribution in [2.75, 3.05) is 13.1 Å². The minimum Gasteiger partial charge on any atom is -0.310 e. The zero-order valence-corrected chi connectivity index (χ0v) is 12.1. The van der Waals surface area contributed by atoms with Crippen LogP contribution < -0.4 is 5.32 Å². The first-order chi connectivity index (χ1) is 7.90. The molecule has 2 fully saturated rings. The van der Waals surface area contributed by atoms with Crippen LogP contribution in [0.1, 0.15) is 25.0 Å². The normalized spacial score (nSPS) is 26.9. The fourth-order valence-electron chi connectivity index (χ4n) is 2.88. The van der Waals surface area contributed by atoms with Gasteiger partial charge in [-0.3, -0.25) is 9.88 Å². The van der Waals surface area contributed by atoms with E-state index in [-0.39, 0.29) is 24.8 Å². The molecule has 1 N–H and O–H groups in total. The van der Waals surface area contributed by atoms with Gasteiger partial charge in [0.2, 0.25) is 0 Å². The summed E-state index contributed by atoms with van der Waals surface area (Å²) in [5, 5.41) is 3.71. The second kappa shape index (κ2) is 7.29. The molecule has 3 heterocycles. The summed E-state index contributed by atoms with van der Waals surface area (Å²) in [5.74, 6) is 0. The van der Waals surface area contributed by atoms with Crippen molar-refractivity contribution in [3.8, 4) is 0 Å². The smallest absolute Gasteiger partial charge is 0.0543 e. The van der Waals surface area contributed by atoms with Crippen LogP contribution in [-0.2, 0) is 6.54 Å². The summed E-state index contributed by atoms with van der Waals surface area (Å²) >= 11 is 0. The maximum atomic E-state index is 4.40. The lowest BCUT2D eigenvalue weighted by molar-refractivity contribution is 0.248. The first-order valence-corrected chi connectivity index (χ1v) is 6.28. The van der Waals surface area contributed by atoms with Crippen LogP contribution >= 0.6 is 24.8 Å². The summed E-state index contributed by atoms with van der Waals surface area (Å²) in [7, 11) is 0. The van der Waals surface area contributed by atoms with Gasteiger partial charge in [-0.2, -0.15) is 0 Å². The van der Waals surface area contributed by atoms with Crippen molar-refractivity contribution in [1.82, 2.24) is 15.2 Å². The van der Waals surface area contributed by atoms with Crippen molar-refractivity contribution < 1.29 is 0 Å². The van der Waals surface area contributed by atoms with Crippen LogP contribution in [0, 0.1) is 0 Å². The van der Waals surface area contributed by atoms with Gasteiger partial charge in [-0.05, 0) is 31.4 Å². The van der Waals surface area contributed by atoms with E-state index in [4.69, 9.17) is 0 Å². The highest BCUT2D eigenvalue weighted by Crippen LogP contribution is 2.21. The zero-order chi connectivity index (χ0) is 10.8. The van der Waals surface area contributed by atoms with Crippen molar-refractivity contribution in [3.63, 3.8) is 0 Å². The van der Waals surface area contributed by atoms with Crippen molar-refractivity contribution in [1.29, 1.82) is 0 Å². The Morgan fingerprint density at radius 2 is 2.00 bits per heavy atom.